The van der Waals surface area contributed by atoms with E-state index < -0.39 is 4.92 Å². The SMILES string of the molecule is Br.O=[N+]([O-])c1ccc2c(c1)ON(N=c1cc[nH]cc1)C2Cc1ccccc1. The minimum atomic E-state index is -0.428. The standard InChI is InChI=1S/C19H16N4O3.BrH/c24-23(25)16-6-7-17-18(12-14-4-2-1-3-5-14)22(26-19(17)13-16)21-15-8-10-20-11-9-15;/h1-11,13,18H,12H2,(H,20,21);1H. The highest BCUT2D eigenvalue weighted by Gasteiger charge is 2.33. The van der Waals surface area contributed by atoms with Crippen molar-refractivity contribution < 1.29 is 9.76 Å². The van der Waals surface area contributed by atoms with Crippen LogP contribution in [-0.2, 0) is 6.42 Å². The molecule has 0 bridgehead atoms. The van der Waals surface area contributed by atoms with Gasteiger partial charge in [-0.15, -0.1) is 27.3 Å². The number of nitrogens with one attached hydrogen (secondary N) is 1. The molecule has 0 spiro atoms. The summed E-state index contributed by atoms with van der Waals surface area (Å²) in [6.45, 7) is 0. The number of rotatable bonds is 4. The van der Waals surface area contributed by atoms with Crippen molar-refractivity contribution in [3.05, 3.63) is 99.7 Å². The molecule has 7 nitrogen and oxygen atoms in total. The van der Waals surface area contributed by atoms with Crippen LogP contribution in [0.1, 0.15) is 17.2 Å². The Labute approximate surface area is 165 Å². The van der Waals surface area contributed by atoms with Crippen molar-refractivity contribution in [3.63, 3.8) is 0 Å². The number of H-pyrrole nitrogens is 1. The third kappa shape index (κ3) is 4.01. The van der Waals surface area contributed by atoms with Gasteiger partial charge in [0.05, 0.1) is 16.3 Å². The molecule has 0 aliphatic carbocycles. The molecular formula is C19H17BrN4O3. The Morgan fingerprint density at radius 2 is 1.85 bits per heavy atom. The van der Waals surface area contributed by atoms with Gasteiger partial charge in [0.2, 0.25) is 0 Å². The van der Waals surface area contributed by atoms with Gasteiger partial charge in [0.1, 0.15) is 6.04 Å². The van der Waals surface area contributed by atoms with Crippen molar-refractivity contribution >= 4 is 22.7 Å². The molecule has 0 amide bonds. The van der Waals surface area contributed by atoms with Gasteiger partial charge in [0.25, 0.3) is 5.69 Å². The monoisotopic (exact) mass is 428 g/mol. The number of nitrogens with zero attached hydrogens (tertiary/aromatic N) is 3. The van der Waals surface area contributed by atoms with E-state index in [-0.39, 0.29) is 28.7 Å². The van der Waals surface area contributed by atoms with E-state index in [1.807, 2.05) is 42.5 Å². The smallest absolute Gasteiger partial charge is 0.273 e. The Morgan fingerprint density at radius 1 is 1.11 bits per heavy atom. The lowest BCUT2D eigenvalue weighted by atomic mass is 9.99. The molecule has 0 fully saturated rings. The predicted octanol–water partition coefficient (Wildman–Crippen LogP) is 3.91. The van der Waals surface area contributed by atoms with Crippen LogP contribution in [0.15, 0.2) is 78.2 Å². The number of fused-ring (bicyclic) bond motifs is 1. The number of halogens is 1. The van der Waals surface area contributed by atoms with E-state index in [9.17, 15) is 10.1 Å². The molecule has 3 aromatic rings. The van der Waals surface area contributed by atoms with Crippen LogP contribution in [0.5, 0.6) is 5.75 Å². The summed E-state index contributed by atoms with van der Waals surface area (Å²) in [7, 11) is 0. The van der Waals surface area contributed by atoms with Crippen molar-refractivity contribution in [3.8, 4) is 5.75 Å². The van der Waals surface area contributed by atoms with Crippen molar-refractivity contribution in [1.29, 1.82) is 0 Å². The fourth-order valence-corrected chi connectivity index (χ4v) is 2.95. The number of aromatic amines is 1. The summed E-state index contributed by atoms with van der Waals surface area (Å²) < 4.78 is 0. The van der Waals surface area contributed by atoms with Crippen LogP contribution < -0.4 is 10.2 Å². The van der Waals surface area contributed by atoms with Gasteiger partial charge < -0.3 is 9.82 Å². The Balaban J connectivity index is 0.00000210. The summed E-state index contributed by atoms with van der Waals surface area (Å²) in [5.74, 6) is 0.464. The molecule has 4 rings (SSSR count). The van der Waals surface area contributed by atoms with Crippen LogP contribution >= 0.6 is 17.0 Å². The first-order valence-electron chi connectivity index (χ1n) is 8.18. The summed E-state index contributed by atoms with van der Waals surface area (Å²) in [6, 6.07) is 18.2. The number of nitro groups is 1. The van der Waals surface area contributed by atoms with Gasteiger partial charge in [-0.1, -0.05) is 30.3 Å². The molecule has 1 atom stereocenters. The average molecular weight is 429 g/mol. The highest BCUT2D eigenvalue weighted by atomic mass is 79.9. The van der Waals surface area contributed by atoms with Gasteiger partial charge in [-0.3, -0.25) is 10.1 Å². The van der Waals surface area contributed by atoms with Gasteiger partial charge >= 0.3 is 0 Å². The minimum absolute atomic E-state index is 0. The van der Waals surface area contributed by atoms with E-state index in [4.69, 9.17) is 4.84 Å². The van der Waals surface area contributed by atoms with Crippen molar-refractivity contribution in [2.24, 2.45) is 5.10 Å². The molecule has 0 radical (unpaired) electrons. The van der Waals surface area contributed by atoms with E-state index >= 15 is 0 Å². The second-order valence-electron chi connectivity index (χ2n) is 5.94. The summed E-state index contributed by atoms with van der Waals surface area (Å²) >= 11 is 0. The lowest BCUT2D eigenvalue weighted by molar-refractivity contribution is -0.385. The molecule has 1 N–H and O–H groups in total. The second kappa shape index (κ2) is 8.05. The maximum Gasteiger partial charge on any atom is 0.273 e. The van der Waals surface area contributed by atoms with Crippen LogP contribution in [0.4, 0.5) is 5.69 Å². The summed E-state index contributed by atoms with van der Waals surface area (Å²) in [4.78, 5) is 19.4. The first-order chi connectivity index (χ1) is 12.7. The summed E-state index contributed by atoms with van der Waals surface area (Å²) in [5, 5.41) is 17.9. The van der Waals surface area contributed by atoms with Crippen molar-refractivity contribution in [2.45, 2.75) is 12.5 Å². The summed E-state index contributed by atoms with van der Waals surface area (Å²) in [6.07, 6.45) is 4.23. The van der Waals surface area contributed by atoms with Gasteiger partial charge in [-0.25, -0.2) is 0 Å². The molecule has 138 valence electrons. The molecule has 1 unspecified atom stereocenters. The van der Waals surface area contributed by atoms with Gasteiger partial charge in [0, 0.05) is 30.4 Å². The quantitative estimate of drug-likeness (QED) is 0.504. The number of non-ortho nitro benzene ring substituents is 1. The zero-order valence-corrected chi connectivity index (χ0v) is 15.9. The number of aromatic nitrogens is 1. The highest BCUT2D eigenvalue weighted by molar-refractivity contribution is 8.93. The molecule has 0 saturated heterocycles. The van der Waals surface area contributed by atoms with E-state index in [0.717, 1.165) is 16.5 Å². The molecule has 2 heterocycles. The molecule has 27 heavy (non-hydrogen) atoms. The lowest BCUT2D eigenvalue weighted by Gasteiger charge is -2.19. The van der Waals surface area contributed by atoms with Crippen LogP contribution in [0.3, 0.4) is 0 Å². The normalized spacial score (nSPS) is 14.7. The largest absolute Gasteiger partial charge is 0.367 e. The van der Waals surface area contributed by atoms with Crippen molar-refractivity contribution in [2.75, 3.05) is 0 Å². The van der Waals surface area contributed by atoms with E-state index in [1.165, 1.54) is 17.3 Å². The van der Waals surface area contributed by atoms with Crippen molar-refractivity contribution in [1.82, 2.24) is 10.2 Å². The average Bonchev–Trinajstić information content (AvgIpc) is 3.00. The van der Waals surface area contributed by atoms with Crippen LogP contribution in [-0.4, -0.2) is 15.1 Å². The molecule has 8 heteroatoms. The molecule has 0 saturated carbocycles. The first-order valence-corrected chi connectivity index (χ1v) is 8.18. The zero-order chi connectivity index (χ0) is 17.9. The first kappa shape index (κ1) is 18.7. The number of pyridine rings is 1. The van der Waals surface area contributed by atoms with Gasteiger partial charge in [-0.2, -0.15) is 0 Å². The maximum atomic E-state index is 11.1. The third-order valence-corrected chi connectivity index (χ3v) is 4.21. The predicted molar refractivity (Wildman–Crippen MR) is 105 cm³/mol. The Hall–Kier alpha value is -3.13. The van der Waals surface area contributed by atoms with Gasteiger partial charge in [0.15, 0.2) is 5.75 Å². The number of benzene rings is 2. The molecule has 1 aliphatic rings. The third-order valence-electron chi connectivity index (χ3n) is 4.21. The second-order valence-corrected chi connectivity index (χ2v) is 5.94. The fourth-order valence-electron chi connectivity index (χ4n) is 2.95. The fraction of sp³-hybridized carbons (Fsp3) is 0.105. The molecule has 1 aliphatic heterocycles. The Morgan fingerprint density at radius 3 is 2.56 bits per heavy atom. The van der Waals surface area contributed by atoms with E-state index in [1.54, 1.807) is 18.5 Å². The van der Waals surface area contributed by atoms with Gasteiger partial charge in [-0.05, 0) is 23.8 Å². The lowest BCUT2D eigenvalue weighted by Crippen LogP contribution is -2.25. The van der Waals surface area contributed by atoms with Crippen LogP contribution in [0.25, 0.3) is 0 Å². The number of hydrogen-bond donors (Lipinski definition) is 1. The Kier molecular flexibility index (Phi) is 5.56. The van der Waals surface area contributed by atoms with E-state index in [2.05, 4.69) is 10.1 Å². The van der Waals surface area contributed by atoms with Crippen LogP contribution in [0.2, 0.25) is 0 Å². The molecular weight excluding hydrogens is 412 g/mol. The zero-order valence-electron chi connectivity index (χ0n) is 14.2. The van der Waals surface area contributed by atoms with Crippen LogP contribution in [0, 0.1) is 10.1 Å². The van der Waals surface area contributed by atoms with E-state index in [0.29, 0.717) is 12.2 Å². The number of hydroxylamine groups is 1. The molecule has 2 aromatic carbocycles. The topological polar surface area (TPSA) is 83.8 Å². The minimum Gasteiger partial charge on any atom is -0.367 e. The highest BCUT2D eigenvalue weighted by Crippen LogP contribution is 2.41. The summed E-state index contributed by atoms with van der Waals surface area (Å²) in [5.41, 5.74) is 2.01. The number of hydrogen-bond acceptors (Lipinski definition) is 5. The number of nitro benzene ring substituents is 1. The Bertz CT molecular complexity index is 990. The maximum absolute atomic E-state index is 11.1. The molecule has 1 aromatic heterocycles.